The van der Waals surface area contributed by atoms with Crippen molar-refractivity contribution in [3.05, 3.63) is 29.6 Å². The van der Waals surface area contributed by atoms with Gasteiger partial charge < -0.3 is 14.6 Å². The van der Waals surface area contributed by atoms with Crippen LogP contribution in [0.4, 0.5) is 0 Å². The number of hydrogen-bond donors (Lipinski definition) is 1. The maximum atomic E-state index is 13.0. The van der Waals surface area contributed by atoms with Crippen molar-refractivity contribution >= 4 is 16.9 Å². The highest BCUT2D eigenvalue weighted by molar-refractivity contribution is 6.04. The van der Waals surface area contributed by atoms with Crippen LogP contribution in [-0.4, -0.2) is 46.6 Å². The van der Waals surface area contributed by atoms with Crippen molar-refractivity contribution in [3.8, 4) is 0 Å². The molecule has 3 rings (SSSR count). The van der Waals surface area contributed by atoms with Crippen LogP contribution in [0.3, 0.4) is 0 Å². The fourth-order valence-electron chi connectivity index (χ4n) is 3.33. The molecule has 2 aromatic rings. The molecular weight excluding hydrogens is 302 g/mol. The third-order valence-corrected chi connectivity index (χ3v) is 4.60. The van der Waals surface area contributed by atoms with Crippen molar-refractivity contribution in [3.63, 3.8) is 0 Å². The number of carbonyl (C=O) groups is 1. The van der Waals surface area contributed by atoms with E-state index in [0.717, 1.165) is 29.7 Å². The Morgan fingerprint density at radius 2 is 2.29 bits per heavy atom. The quantitative estimate of drug-likeness (QED) is 0.913. The lowest BCUT2D eigenvalue weighted by Crippen LogP contribution is -2.45. The number of para-hydroxylation sites is 1. The third kappa shape index (κ3) is 3.78. The van der Waals surface area contributed by atoms with Gasteiger partial charge in [-0.2, -0.15) is 0 Å². The largest absolute Gasteiger partial charge is 0.375 e. The first-order valence-electron chi connectivity index (χ1n) is 8.91. The van der Waals surface area contributed by atoms with Crippen LogP contribution in [0, 0.1) is 12.8 Å². The molecule has 0 saturated carbocycles. The van der Waals surface area contributed by atoms with E-state index in [9.17, 15) is 4.79 Å². The van der Waals surface area contributed by atoms with Gasteiger partial charge in [0.1, 0.15) is 11.3 Å². The van der Waals surface area contributed by atoms with E-state index >= 15 is 0 Å². The van der Waals surface area contributed by atoms with E-state index in [1.807, 2.05) is 30.0 Å². The Morgan fingerprint density at radius 3 is 3.08 bits per heavy atom. The number of benzene rings is 1. The van der Waals surface area contributed by atoms with E-state index in [1.165, 1.54) is 6.42 Å². The van der Waals surface area contributed by atoms with Gasteiger partial charge >= 0.3 is 0 Å². The molecule has 1 N–H and O–H groups in total. The zero-order valence-corrected chi connectivity index (χ0v) is 14.8. The number of ether oxygens (including phenoxy) is 1. The molecule has 0 radical (unpaired) electrons. The average molecular weight is 329 g/mol. The van der Waals surface area contributed by atoms with Gasteiger partial charge in [-0.25, -0.2) is 4.98 Å². The summed E-state index contributed by atoms with van der Waals surface area (Å²) in [5.41, 5.74) is 2.36. The van der Waals surface area contributed by atoms with E-state index in [-0.39, 0.29) is 12.0 Å². The van der Waals surface area contributed by atoms with Gasteiger partial charge in [-0.1, -0.05) is 32.8 Å². The summed E-state index contributed by atoms with van der Waals surface area (Å²) in [5.74, 6) is 1.61. The lowest BCUT2D eigenvalue weighted by molar-refractivity contribution is -0.0259. The fourth-order valence-corrected chi connectivity index (χ4v) is 3.33. The molecule has 2 heterocycles. The second-order valence-corrected chi connectivity index (χ2v) is 7.09. The minimum Gasteiger partial charge on any atom is -0.375 e. The van der Waals surface area contributed by atoms with Gasteiger partial charge in [0.05, 0.1) is 23.8 Å². The van der Waals surface area contributed by atoms with Crippen molar-refractivity contribution in [1.82, 2.24) is 14.9 Å². The van der Waals surface area contributed by atoms with Crippen LogP contribution in [-0.2, 0) is 4.74 Å². The number of imidazole rings is 1. The van der Waals surface area contributed by atoms with E-state index in [4.69, 9.17) is 4.74 Å². The SMILES string of the molecule is Cc1nc2c(C(=O)N3CCO[C@@H](CCCC(C)C)C3)cccc2[nH]1. The molecular formula is C19H27N3O2. The molecule has 1 aromatic carbocycles. The zero-order valence-electron chi connectivity index (χ0n) is 14.8. The van der Waals surface area contributed by atoms with E-state index in [2.05, 4.69) is 23.8 Å². The van der Waals surface area contributed by atoms with Crippen LogP contribution < -0.4 is 0 Å². The Morgan fingerprint density at radius 1 is 1.46 bits per heavy atom. The first kappa shape index (κ1) is 17.0. The normalized spacial score (nSPS) is 18.5. The molecule has 1 fully saturated rings. The summed E-state index contributed by atoms with van der Waals surface area (Å²) in [6, 6.07) is 5.74. The highest BCUT2D eigenvalue weighted by Gasteiger charge is 2.26. The number of aromatic nitrogens is 2. The molecule has 24 heavy (non-hydrogen) atoms. The number of aryl methyl sites for hydroxylation is 1. The molecule has 5 heteroatoms. The number of nitrogens with zero attached hydrogens (tertiary/aromatic N) is 2. The predicted molar refractivity (Wildman–Crippen MR) is 95.2 cm³/mol. The van der Waals surface area contributed by atoms with Crippen molar-refractivity contribution in [1.29, 1.82) is 0 Å². The topological polar surface area (TPSA) is 58.2 Å². The number of fused-ring (bicyclic) bond motifs is 1. The summed E-state index contributed by atoms with van der Waals surface area (Å²) >= 11 is 0. The Labute approximate surface area is 143 Å². The number of amides is 1. The van der Waals surface area contributed by atoms with Gasteiger partial charge in [0, 0.05) is 13.1 Å². The van der Waals surface area contributed by atoms with Crippen molar-refractivity contribution in [2.45, 2.75) is 46.1 Å². The molecule has 0 aliphatic carbocycles. The first-order valence-corrected chi connectivity index (χ1v) is 8.91. The summed E-state index contributed by atoms with van der Waals surface area (Å²) in [5, 5.41) is 0. The second-order valence-electron chi connectivity index (χ2n) is 7.09. The monoisotopic (exact) mass is 329 g/mol. The molecule has 1 atom stereocenters. The van der Waals surface area contributed by atoms with Crippen molar-refractivity contribution < 1.29 is 9.53 Å². The maximum absolute atomic E-state index is 13.0. The van der Waals surface area contributed by atoms with Gasteiger partial charge in [0.15, 0.2) is 0 Å². The molecule has 1 saturated heterocycles. The zero-order chi connectivity index (χ0) is 17.1. The molecule has 1 aromatic heterocycles. The van der Waals surface area contributed by atoms with Crippen molar-refractivity contribution in [2.24, 2.45) is 5.92 Å². The van der Waals surface area contributed by atoms with E-state index in [0.29, 0.717) is 31.2 Å². The standard InChI is InChI=1S/C19H27N3O2/c1-13(2)6-4-7-15-12-22(10-11-24-15)19(23)16-8-5-9-17-18(16)21-14(3)20-17/h5,8-9,13,15H,4,6-7,10-12H2,1-3H3,(H,20,21)/t15-/m0/s1. The third-order valence-electron chi connectivity index (χ3n) is 4.60. The molecule has 0 bridgehead atoms. The van der Waals surface area contributed by atoms with Crippen LogP contribution in [0.15, 0.2) is 18.2 Å². The van der Waals surface area contributed by atoms with Crippen LogP contribution in [0.25, 0.3) is 11.0 Å². The smallest absolute Gasteiger partial charge is 0.256 e. The Bertz CT molecular complexity index is 708. The van der Waals surface area contributed by atoms with Crippen molar-refractivity contribution in [2.75, 3.05) is 19.7 Å². The highest BCUT2D eigenvalue weighted by Crippen LogP contribution is 2.21. The minimum absolute atomic E-state index is 0.0595. The molecule has 130 valence electrons. The molecule has 0 unspecified atom stereocenters. The van der Waals surface area contributed by atoms with Gasteiger partial charge in [-0.05, 0) is 31.4 Å². The molecule has 0 spiro atoms. The minimum atomic E-state index is 0.0595. The van der Waals surface area contributed by atoms with Gasteiger partial charge in [0.2, 0.25) is 0 Å². The number of hydrogen-bond acceptors (Lipinski definition) is 3. The van der Waals surface area contributed by atoms with E-state index in [1.54, 1.807) is 0 Å². The predicted octanol–water partition coefficient (Wildman–Crippen LogP) is 3.54. The first-order chi connectivity index (χ1) is 11.5. The molecule has 5 nitrogen and oxygen atoms in total. The average Bonchev–Trinajstić information content (AvgIpc) is 2.94. The number of morpholine rings is 1. The molecule has 1 aliphatic heterocycles. The summed E-state index contributed by atoms with van der Waals surface area (Å²) in [7, 11) is 0. The lowest BCUT2D eigenvalue weighted by atomic mass is 10.0. The number of H-pyrrole nitrogens is 1. The second kappa shape index (κ2) is 7.34. The Hall–Kier alpha value is -1.88. The summed E-state index contributed by atoms with van der Waals surface area (Å²) < 4.78 is 5.85. The number of carbonyl (C=O) groups excluding carboxylic acids is 1. The summed E-state index contributed by atoms with van der Waals surface area (Å²) in [6.45, 7) is 8.34. The number of nitrogens with one attached hydrogen (secondary N) is 1. The molecule has 1 aliphatic rings. The van der Waals surface area contributed by atoms with Crippen LogP contribution in [0.2, 0.25) is 0 Å². The number of aromatic amines is 1. The fraction of sp³-hybridized carbons (Fsp3) is 0.579. The van der Waals surface area contributed by atoms with Gasteiger partial charge in [0.25, 0.3) is 5.91 Å². The Balaban J connectivity index is 1.69. The highest BCUT2D eigenvalue weighted by atomic mass is 16.5. The summed E-state index contributed by atoms with van der Waals surface area (Å²) in [4.78, 5) is 22.6. The summed E-state index contributed by atoms with van der Waals surface area (Å²) in [6.07, 6.45) is 3.54. The van der Waals surface area contributed by atoms with Crippen LogP contribution >= 0.6 is 0 Å². The van der Waals surface area contributed by atoms with Crippen LogP contribution in [0.5, 0.6) is 0 Å². The molecule has 1 amide bonds. The maximum Gasteiger partial charge on any atom is 0.256 e. The Kier molecular flexibility index (Phi) is 5.19. The van der Waals surface area contributed by atoms with Crippen LogP contribution in [0.1, 0.15) is 49.3 Å². The van der Waals surface area contributed by atoms with Gasteiger partial charge in [-0.15, -0.1) is 0 Å². The van der Waals surface area contributed by atoms with Gasteiger partial charge in [-0.3, -0.25) is 4.79 Å². The number of rotatable bonds is 5. The van der Waals surface area contributed by atoms with E-state index < -0.39 is 0 Å². The lowest BCUT2D eigenvalue weighted by Gasteiger charge is -2.33.